The van der Waals surface area contributed by atoms with Gasteiger partial charge in [0.15, 0.2) is 0 Å². The molecule has 1 amide bonds. The van der Waals surface area contributed by atoms with Gasteiger partial charge in [0, 0.05) is 10.6 Å². The molecule has 23 heavy (non-hydrogen) atoms. The van der Waals surface area contributed by atoms with E-state index in [0.29, 0.717) is 32.1 Å². The molecule has 2 aromatic carbocycles. The molecular formula is C16H15Cl3N2O2. The van der Waals surface area contributed by atoms with Gasteiger partial charge in [-0.15, -0.1) is 0 Å². The number of halogens is 3. The quantitative estimate of drug-likeness (QED) is 0.709. The second-order valence-corrected chi connectivity index (χ2v) is 6.27. The van der Waals surface area contributed by atoms with Crippen molar-refractivity contribution in [2.45, 2.75) is 20.0 Å². The molecule has 0 unspecified atom stereocenters. The van der Waals surface area contributed by atoms with Crippen LogP contribution in [0.25, 0.3) is 0 Å². The first-order valence-electron chi connectivity index (χ1n) is 6.84. The number of hydrazine groups is 1. The highest BCUT2D eigenvalue weighted by Crippen LogP contribution is 2.33. The molecule has 0 aliphatic heterocycles. The molecular weight excluding hydrogens is 359 g/mol. The Morgan fingerprint density at radius 1 is 1.04 bits per heavy atom. The standard InChI is InChI=1S/C16H15Cl3N2O2/c1-9(2)23-12-5-3-10(4-6-12)16(22)21-20-15-13(18)7-11(17)8-14(15)19/h3-9,20H,1-2H3,(H,21,22). The van der Waals surface area contributed by atoms with Crippen molar-refractivity contribution >= 4 is 46.4 Å². The van der Waals surface area contributed by atoms with Crippen molar-refractivity contribution in [1.29, 1.82) is 0 Å². The third-order valence-corrected chi connectivity index (χ3v) is 3.61. The maximum absolute atomic E-state index is 12.1. The van der Waals surface area contributed by atoms with Crippen LogP contribution >= 0.6 is 34.8 Å². The number of ether oxygens (including phenoxy) is 1. The monoisotopic (exact) mass is 372 g/mol. The maximum Gasteiger partial charge on any atom is 0.269 e. The minimum atomic E-state index is -0.330. The summed E-state index contributed by atoms with van der Waals surface area (Å²) in [5.41, 5.74) is 6.08. The Hall–Kier alpha value is -1.62. The third-order valence-electron chi connectivity index (χ3n) is 2.80. The van der Waals surface area contributed by atoms with Crippen LogP contribution in [0.2, 0.25) is 15.1 Å². The van der Waals surface area contributed by atoms with Crippen LogP contribution in [0.15, 0.2) is 36.4 Å². The van der Waals surface area contributed by atoms with Crippen LogP contribution < -0.4 is 15.6 Å². The Morgan fingerprint density at radius 2 is 1.61 bits per heavy atom. The van der Waals surface area contributed by atoms with E-state index in [4.69, 9.17) is 39.5 Å². The molecule has 122 valence electrons. The van der Waals surface area contributed by atoms with Crippen LogP contribution in [0.3, 0.4) is 0 Å². The summed E-state index contributed by atoms with van der Waals surface area (Å²) in [4.78, 5) is 12.1. The van der Waals surface area contributed by atoms with Crippen molar-refractivity contribution in [2.75, 3.05) is 5.43 Å². The molecule has 0 radical (unpaired) electrons. The molecule has 0 fully saturated rings. The average molecular weight is 374 g/mol. The second kappa shape index (κ2) is 7.77. The fourth-order valence-corrected chi connectivity index (χ4v) is 2.72. The van der Waals surface area contributed by atoms with Gasteiger partial charge in [-0.1, -0.05) is 34.8 Å². The van der Waals surface area contributed by atoms with Crippen LogP contribution in [0, 0.1) is 0 Å². The van der Waals surface area contributed by atoms with Gasteiger partial charge in [0.1, 0.15) is 5.75 Å². The Kier molecular flexibility index (Phi) is 5.99. The molecule has 2 N–H and O–H groups in total. The predicted molar refractivity (Wildman–Crippen MR) is 94.8 cm³/mol. The topological polar surface area (TPSA) is 50.4 Å². The minimum absolute atomic E-state index is 0.0746. The van der Waals surface area contributed by atoms with Gasteiger partial charge in [0.2, 0.25) is 0 Å². The number of carbonyl (C=O) groups is 1. The lowest BCUT2D eigenvalue weighted by Crippen LogP contribution is -2.29. The second-order valence-electron chi connectivity index (χ2n) is 5.01. The summed E-state index contributed by atoms with van der Waals surface area (Å²) in [6.45, 7) is 3.87. The number of rotatable bonds is 5. The molecule has 0 saturated heterocycles. The van der Waals surface area contributed by atoms with E-state index in [0.717, 1.165) is 0 Å². The summed E-state index contributed by atoms with van der Waals surface area (Å²) >= 11 is 17.9. The van der Waals surface area contributed by atoms with Crippen LogP contribution in [0.4, 0.5) is 5.69 Å². The lowest BCUT2D eigenvalue weighted by Gasteiger charge is -2.13. The fourth-order valence-electron chi connectivity index (χ4n) is 1.81. The van der Waals surface area contributed by atoms with Crippen LogP contribution in [0.1, 0.15) is 24.2 Å². The van der Waals surface area contributed by atoms with E-state index in [1.54, 1.807) is 24.3 Å². The summed E-state index contributed by atoms with van der Waals surface area (Å²) in [7, 11) is 0. The van der Waals surface area contributed by atoms with Crippen molar-refractivity contribution in [3.8, 4) is 5.75 Å². The van der Waals surface area contributed by atoms with Gasteiger partial charge in [-0.2, -0.15) is 0 Å². The zero-order valence-corrected chi connectivity index (χ0v) is 14.8. The van der Waals surface area contributed by atoms with Crippen molar-refractivity contribution < 1.29 is 9.53 Å². The number of anilines is 1. The number of carbonyl (C=O) groups excluding carboxylic acids is 1. The maximum atomic E-state index is 12.1. The number of benzene rings is 2. The van der Waals surface area contributed by atoms with E-state index in [9.17, 15) is 4.79 Å². The van der Waals surface area contributed by atoms with Gasteiger partial charge in [0.25, 0.3) is 5.91 Å². The van der Waals surface area contributed by atoms with Crippen LogP contribution in [-0.4, -0.2) is 12.0 Å². The zero-order valence-electron chi connectivity index (χ0n) is 12.5. The Bertz CT molecular complexity index is 680. The Morgan fingerprint density at radius 3 is 2.13 bits per heavy atom. The SMILES string of the molecule is CC(C)Oc1ccc(C(=O)NNc2c(Cl)cc(Cl)cc2Cl)cc1. The van der Waals surface area contributed by atoms with Gasteiger partial charge in [0.05, 0.1) is 21.8 Å². The van der Waals surface area contributed by atoms with Gasteiger partial charge in [-0.05, 0) is 50.2 Å². The molecule has 0 saturated carbocycles. The molecule has 4 nitrogen and oxygen atoms in total. The van der Waals surface area contributed by atoms with E-state index in [1.807, 2.05) is 13.8 Å². The molecule has 2 aromatic rings. The summed E-state index contributed by atoms with van der Waals surface area (Å²) < 4.78 is 5.53. The summed E-state index contributed by atoms with van der Waals surface area (Å²) in [6.07, 6.45) is 0.0746. The van der Waals surface area contributed by atoms with Crippen LogP contribution in [0.5, 0.6) is 5.75 Å². The fraction of sp³-hybridized carbons (Fsp3) is 0.188. The first-order valence-corrected chi connectivity index (χ1v) is 7.98. The van der Waals surface area contributed by atoms with Gasteiger partial charge in [-0.25, -0.2) is 0 Å². The summed E-state index contributed by atoms with van der Waals surface area (Å²) in [6, 6.07) is 9.86. The Labute approximate surface area is 149 Å². The number of amides is 1. The smallest absolute Gasteiger partial charge is 0.269 e. The molecule has 0 aliphatic rings. The molecule has 0 aromatic heterocycles. The van der Waals surface area contributed by atoms with Crippen LogP contribution in [-0.2, 0) is 0 Å². The predicted octanol–water partition coefficient (Wildman–Crippen LogP) is 5.19. The van der Waals surface area contributed by atoms with Crippen molar-refractivity contribution in [3.63, 3.8) is 0 Å². The molecule has 0 atom stereocenters. The third kappa shape index (κ3) is 4.93. The first kappa shape index (κ1) is 17.7. The van der Waals surface area contributed by atoms with Crippen molar-refractivity contribution in [2.24, 2.45) is 0 Å². The van der Waals surface area contributed by atoms with E-state index in [-0.39, 0.29) is 12.0 Å². The molecule has 0 heterocycles. The molecule has 2 rings (SSSR count). The van der Waals surface area contributed by atoms with E-state index in [2.05, 4.69) is 10.9 Å². The van der Waals surface area contributed by atoms with Crippen molar-refractivity contribution in [3.05, 3.63) is 57.0 Å². The average Bonchev–Trinajstić information content (AvgIpc) is 2.46. The number of nitrogens with one attached hydrogen (secondary N) is 2. The lowest BCUT2D eigenvalue weighted by atomic mass is 10.2. The normalized spacial score (nSPS) is 10.5. The zero-order chi connectivity index (χ0) is 17.0. The van der Waals surface area contributed by atoms with E-state index < -0.39 is 0 Å². The lowest BCUT2D eigenvalue weighted by molar-refractivity contribution is 0.0962. The highest BCUT2D eigenvalue weighted by molar-refractivity contribution is 6.41. The van der Waals surface area contributed by atoms with E-state index >= 15 is 0 Å². The number of hydrogen-bond acceptors (Lipinski definition) is 3. The van der Waals surface area contributed by atoms with Gasteiger partial charge < -0.3 is 4.74 Å². The largest absolute Gasteiger partial charge is 0.491 e. The highest BCUT2D eigenvalue weighted by Gasteiger charge is 2.10. The molecule has 0 spiro atoms. The molecule has 0 bridgehead atoms. The molecule has 7 heteroatoms. The van der Waals surface area contributed by atoms with E-state index in [1.165, 1.54) is 12.1 Å². The molecule has 0 aliphatic carbocycles. The summed E-state index contributed by atoms with van der Waals surface area (Å²) in [5.74, 6) is 0.372. The first-order chi connectivity index (χ1) is 10.9. The highest BCUT2D eigenvalue weighted by atomic mass is 35.5. The van der Waals surface area contributed by atoms with Crippen molar-refractivity contribution in [1.82, 2.24) is 5.43 Å². The Balaban J connectivity index is 2.02. The van der Waals surface area contributed by atoms with Gasteiger partial charge >= 0.3 is 0 Å². The van der Waals surface area contributed by atoms with Gasteiger partial charge in [-0.3, -0.25) is 15.6 Å². The minimum Gasteiger partial charge on any atom is -0.491 e. The summed E-state index contributed by atoms with van der Waals surface area (Å²) in [5, 5.41) is 1.03. The number of hydrogen-bond donors (Lipinski definition) is 2.